The van der Waals surface area contributed by atoms with E-state index >= 15 is 0 Å². The Labute approximate surface area is 212 Å². The highest BCUT2D eigenvalue weighted by molar-refractivity contribution is 6.32. The van der Waals surface area contributed by atoms with Crippen molar-refractivity contribution in [3.05, 3.63) is 99.1 Å². The van der Waals surface area contributed by atoms with Gasteiger partial charge in [0, 0.05) is 48.5 Å². The van der Waals surface area contributed by atoms with Crippen LogP contribution in [0.3, 0.4) is 0 Å². The van der Waals surface area contributed by atoms with Gasteiger partial charge in [0.05, 0.1) is 10.6 Å². The molecule has 0 N–H and O–H groups in total. The number of aromatic nitrogens is 1. The number of carbonyl (C=O) groups is 2. The Morgan fingerprint density at radius 3 is 2.31 bits per heavy atom. The molecule has 4 rings (SSSR count). The third-order valence-corrected chi connectivity index (χ3v) is 6.62. The zero-order valence-corrected chi connectivity index (χ0v) is 20.1. The van der Waals surface area contributed by atoms with Gasteiger partial charge in [0.2, 0.25) is 0 Å². The molecular formula is C26H24ClFN4O4. The predicted octanol–water partition coefficient (Wildman–Crippen LogP) is 5.02. The number of hydrogen-bond donors (Lipinski definition) is 0. The van der Waals surface area contributed by atoms with Gasteiger partial charge >= 0.3 is 0 Å². The van der Waals surface area contributed by atoms with Crippen molar-refractivity contribution in [3.63, 3.8) is 0 Å². The molecule has 2 aromatic carbocycles. The minimum absolute atomic E-state index is 0.0202. The van der Waals surface area contributed by atoms with Crippen molar-refractivity contribution in [1.29, 1.82) is 0 Å². The molecule has 0 bridgehead atoms. The van der Waals surface area contributed by atoms with Crippen LogP contribution in [-0.2, 0) is 0 Å². The second kappa shape index (κ2) is 11.4. The minimum Gasteiger partial charge on any atom is -0.304 e. The Balaban J connectivity index is 1.42. The van der Waals surface area contributed by atoms with Crippen molar-refractivity contribution in [1.82, 2.24) is 9.88 Å². The highest BCUT2D eigenvalue weighted by Crippen LogP contribution is 2.26. The zero-order chi connectivity index (χ0) is 25.7. The molecule has 1 amide bonds. The van der Waals surface area contributed by atoms with Crippen LogP contribution in [0.5, 0.6) is 0 Å². The topological polar surface area (TPSA) is 96.7 Å². The predicted molar refractivity (Wildman–Crippen MR) is 134 cm³/mol. The van der Waals surface area contributed by atoms with Crippen molar-refractivity contribution >= 4 is 34.7 Å². The third kappa shape index (κ3) is 5.92. The second-order valence-corrected chi connectivity index (χ2v) is 8.92. The Morgan fingerprint density at radius 1 is 1.06 bits per heavy atom. The van der Waals surface area contributed by atoms with Gasteiger partial charge in [0.15, 0.2) is 10.9 Å². The molecule has 8 nitrogen and oxygen atoms in total. The summed E-state index contributed by atoms with van der Waals surface area (Å²) >= 11 is 6.29. The van der Waals surface area contributed by atoms with Gasteiger partial charge < -0.3 is 9.80 Å². The summed E-state index contributed by atoms with van der Waals surface area (Å²) in [5.74, 6) is -0.826. The zero-order valence-electron chi connectivity index (χ0n) is 19.3. The number of rotatable bonds is 8. The average Bonchev–Trinajstić information content (AvgIpc) is 2.90. The van der Waals surface area contributed by atoms with Crippen LogP contribution in [0.15, 0.2) is 66.9 Å². The van der Waals surface area contributed by atoms with Crippen LogP contribution in [0.1, 0.15) is 33.6 Å². The number of amides is 1. The number of anilines is 1. The number of likely N-dealkylation sites (tertiary alicyclic amines) is 1. The number of non-ortho nitro benzene ring substituents is 1. The van der Waals surface area contributed by atoms with E-state index in [1.807, 2.05) is 0 Å². The van der Waals surface area contributed by atoms with E-state index in [0.29, 0.717) is 55.8 Å². The van der Waals surface area contributed by atoms with Crippen LogP contribution in [0.4, 0.5) is 15.8 Å². The number of ketones is 1. The largest absolute Gasteiger partial charge is 0.304 e. The number of nitrogens with zero attached hydrogens (tertiary/aromatic N) is 4. The second-order valence-electron chi connectivity index (χ2n) is 8.56. The lowest BCUT2D eigenvalue weighted by Crippen LogP contribution is -2.43. The van der Waals surface area contributed by atoms with Gasteiger partial charge in [-0.2, -0.15) is 0 Å². The van der Waals surface area contributed by atoms with Gasteiger partial charge in [-0.1, -0.05) is 11.6 Å². The summed E-state index contributed by atoms with van der Waals surface area (Å²) in [6, 6.07) is 14.4. The van der Waals surface area contributed by atoms with Crippen molar-refractivity contribution in [2.45, 2.75) is 12.8 Å². The first-order chi connectivity index (χ1) is 17.3. The first-order valence-corrected chi connectivity index (χ1v) is 11.9. The van der Waals surface area contributed by atoms with Crippen LogP contribution >= 0.6 is 11.6 Å². The van der Waals surface area contributed by atoms with E-state index in [9.17, 15) is 24.1 Å². The first-order valence-electron chi connectivity index (χ1n) is 11.5. The van der Waals surface area contributed by atoms with E-state index < -0.39 is 4.92 Å². The molecule has 3 aromatic rings. The lowest BCUT2D eigenvalue weighted by Gasteiger charge is -2.33. The number of nitro benzene ring substituents is 1. The van der Waals surface area contributed by atoms with Crippen LogP contribution in [0.2, 0.25) is 5.15 Å². The Morgan fingerprint density at radius 2 is 1.69 bits per heavy atom. The van der Waals surface area contributed by atoms with Crippen LogP contribution in [-0.4, -0.2) is 52.7 Å². The van der Waals surface area contributed by atoms with Gasteiger partial charge in [-0.05, 0) is 74.5 Å². The fourth-order valence-electron chi connectivity index (χ4n) is 4.30. The van der Waals surface area contributed by atoms with Crippen LogP contribution in [0, 0.1) is 21.8 Å². The Hall–Kier alpha value is -3.69. The van der Waals surface area contributed by atoms with Crippen LogP contribution < -0.4 is 4.90 Å². The molecule has 1 fully saturated rings. The van der Waals surface area contributed by atoms with Crippen LogP contribution in [0.25, 0.3) is 0 Å². The first kappa shape index (κ1) is 25.4. The lowest BCUT2D eigenvalue weighted by molar-refractivity contribution is -0.384. The monoisotopic (exact) mass is 510 g/mol. The van der Waals surface area contributed by atoms with Gasteiger partial charge in [0.1, 0.15) is 5.82 Å². The normalized spacial score (nSPS) is 14.4. The van der Waals surface area contributed by atoms with Crippen molar-refractivity contribution in [2.24, 2.45) is 5.92 Å². The van der Waals surface area contributed by atoms with Crippen molar-refractivity contribution < 1.29 is 18.9 Å². The molecule has 0 aliphatic carbocycles. The number of benzene rings is 2. The highest BCUT2D eigenvalue weighted by Gasteiger charge is 2.27. The molecule has 0 spiro atoms. The molecule has 2 heterocycles. The number of pyridine rings is 1. The lowest BCUT2D eigenvalue weighted by atomic mass is 9.89. The van der Waals surface area contributed by atoms with Gasteiger partial charge in [0.25, 0.3) is 11.6 Å². The highest BCUT2D eigenvalue weighted by atomic mass is 35.5. The molecule has 1 aliphatic heterocycles. The van der Waals surface area contributed by atoms with E-state index in [1.165, 1.54) is 59.6 Å². The van der Waals surface area contributed by atoms with Crippen molar-refractivity contribution in [2.75, 3.05) is 31.1 Å². The number of Topliss-reactive ketones (excluding diaryl/α,β-unsaturated/α-hetero) is 1. The number of halogens is 2. The van der Waals surface area contributed by atoms with Gasteiger partial charge in [-0.3, -0.25) is 19.7 Å². The summed E-state index contributed by atoms with van der Waals surface area (Å²) in [6.07, 6.45) is 2.86. The summed E-state index contributed by atoms with van der Waals surface area (Å²) in [4.78, 5) is 44.3. The summed E-state index contributed by atoms with van der Waals surface area (Å²) in [5, 5.41) is 11.1. The minimum atomic E-state index is -0.519. The quantitative estimate of drug-likeness (QED) is 0.183. The smallest absolute Gasteiger partial charge is 0.269 e. The third-order valence-electron chi connectivity index (χ3n) is 6.33. The maximum Gasteiger partial charge on any atom is 0.269 e. The molecule has 0 saturated carbocycles. The average molecular weight is 511 g/mol. The fraction of sp³-hybridized carbons (Fsp3) is 0.269. The molecule has 1 aromatic heterocycles. The molecule has 1 aliphatic rings. The maximum atomic E-state index is 13.4. The van der Waals surface area contributed by atoms with Gasteiger partial charge in [-0.25, -0.2) is 9.37 Å². The molecule has 186 valence electrons. The molecule has 36 heavy (non-hydrogen) atoms. The maximum absolute atomic E-state index is 13.4. The number of hydrogen-bond acceptors (Lipinski definition) is 6. The molecule has 10 heteroatoms. The molecule has 0 atom stereocenters. The molecule has 0 radical (unpaired) electrons. The Kier molecular flexibility index (Phi) is 8.02. The Bertz CT molecular complexity index is 1250. The summed E-state index contributed by atoms with van der Waals surface area (Å²) in [6.45, 7) is 2.22. The van der Waals surface area contributed by atoms with E-state index in [2.05, 4.69) is 9.88 Å². The fourth-order valence-corrected chi connectivity index (χ4v) is 4.52. The number of nitro groups is 1. The standard InChI is InChI=1S/C26H24ClFN4O4/c27-25-23(2-1-13-29-25)31(26(34)20-5-9-22(10-6-20)32(35)36)17-16-30-14-11-19(12-15-30)24(33)18-3-7-21(28)8-4-18/h1-10,13,19H,11-12,14-17H2. The van der Waals surface area contributed by atoms with Crippen molar-refractivity contribution in [3.8, 4) is 0 Å². The SMILES string of the molecule is O=C(c1ccc(F)cc1)C1CCN(CCN(C(=O)c2ccc([N+](=O)[O-])cc2)c2cccnc2Cl)CC1. The van der Waals surface area contributed by atoms with E-state index in [0.717, 1.165) is 0 Å². The molecule has 0 unspecified atom stereocenters. The summed E-state index contributed by atoms with van der Waals surface area (Å²) in [5.41, 5.74) is 1.16. The van der Waals surface area contributed by atoms with Gasteiger partial charge in [-0.15, -0.1) is 0 Å². The van der Waals surface area contributed by atoms with E-state index in [1.54, 1.807) is 12.1 Å². The number of piperidine rings is 1. The molecular weight excluding hydrogens is 487 g/mol. The van der Waals surface area contributed by atoms with E-state index in [4.69, 9.17) is 11.6 Å². The molecule has 1 saturated heterocycles. The summed E-state index contributed by atoms with van der Waals surface area (Å²) in [7, 11) is 0. The number of carbonyl (C=O) groups excluding carboxylic acids is 2. The van der Waals surface area contributed by atoms with E-state index in [-0.39, 0.29) is 34.3 Å². The summed E-state index contributed by atoms with van der Waals surface area (Å²) < 4.78 is 13.2.